The SMILES string of the molecule is CCC(C)C1NC(=O)C(NC(=O)c2c3nc4c(C(=O)NC5C(=O)NC(C(C)CC)C(=O)N6CCCC6C(=O)N(C)CC(=O)N(C)C(C(C)C)C(=O)OC5C)ccc(C)c4oc-3c(C)c(=O)c2Cl)C(C)OC(=O)C(C(C)C)N(C)C(=O)CN(C)C(=O)C2CCCN2C1=O. The second-order valence-electron chi connectivity index (χ2n) is 25.7. The molecular weight excluding hydrogens is 1210 g/mol. The van der Waals surface area contributed by atoms with Crippen molar-refractivity contribution < 1.29 is 71.4 Å². The van der Waals surface area contributed by atoms with Crippen LogP contribution in [0.4, 0.5) is 0 Å². The van der Waals surface area contributed by atoms with Gasteiger partial charge in [0, 0.05) is 46.8 Å². The van der Waals surface area contributed by atoms with Crippen LogP contribution in [0.1, 0.15) is 140 Å². The average Bonchev–Trinajstić information content (AvgIpc) is 1.10. The van der Waals surface area contributed by atoms with Crippen molar-refractivity contribution in [3.8, 4) is 11.5 Å². The third-order valence-electron chi connectivity index (χ3n) is 18.5. The number of cyclic esters (lactones) is 2. The first-order chi connectivity index (χ1) is 43.2. The molecule has 0 radical (unpaired) electrons. The highest BCUT2D eigenvalue weighted by molar-refractivity contribution is 6.35. The number of carbonyl (C=O) groups is 12. The zero-order valence-corrected chi connectivity index (χ0v) is 56.1. The molecule has 10 amide bonds. The number of ether oxygens (including phenoxy) is 2. The van der Waals surface area contributed by atoms with Crippen LogP contribution in [-0.2, 0) is 57.4 Å². The molecule has 27 nitrogen and oxygen atoms in total. The number of benzene rings is 2. The molecule has 5 aliphatic heterocycles. The fourth-order valence-corrected chi connectivity index (χ4v) is 12.9. The lowest BCUT2D eigenvalue weighted by atomic mass is 9.96. The predicted octanol–water partition coefficient (Wildman–Crippen LogP) is 2.58. The number of amides is 10. The minimum Gasteiger partial charge on any atom is -0.458 e. The second kappa shape index (κ2) is 29.2. The summed E-state index contributed by atoms with van der Waals surface area (Å²) in [5.41, 5.74) is -2.33. The number of nitrogens with one attached hydrogen (secondary N) is 4. The molecular formula is C64H88ClN11O16. The molecule has 0 aromatic heterocycles. The van der Waals surface area contributed by atoms with E-state index in [1.165, 1.54) is 80.7 Å². The number of halogens is 1. The maximum atomic E-state index is 15.3. The van der Waals surface area contributed by atoms with Crippen LogP contribution in [-0.4, -0.2) is 220 Å². The lowest BCUT2D eigenvalue weighted by Crippen LogP contribution is -2.61. The third kappa shape index (κ3) is 14.4. The number of hydrogen-bond acceptors (Lipinski definition) is 17. The molecule has 1 aromatic carbocycles. The van der Waals surface area contributed by atoms with E-state index in [0.717, 1.165) is 9.80 Å². The molecule has 502 valence electrons. The first kappa shape index (κ1) is 71.2. The van der Waals surface area contributed by atoms with Crippen LogP contribution in [0.3, 0.4) is 0 Å². The van der Waals surface area contributed by atoms with Gasteiger partial charge in [0.15, 0.2) is 11.3 Å². The first-order valence-corrected chi connectivity index (χ1v) is 31.9. The van der Waals surface area contributed by atoms with Crippen molar-refractivity contribution in [2.24, 2.45) is 23.7 Å². The van der Waals surface area contributed by atoms with E-state index in [1.54, 1.807) is 62.3 Å². The van der Waals surface area contributed by atoms with Gasteiger partial charge in [-0.05, 0) is 88.7 Å². The van der Waals surface area contributed by atoms with Gasteiger partial charge in [-0.1, -0.05) is 85.9 Å². The Morgan fingerprint density at radius 2 is 1.07 bits per heavy atom. The summed E-state index contributed by atoms with van der Waals surface area (Å²) < 4.78 is 18.4. The van der Waals surface area contributed by atoms with Crippen molar-refractivity contribution in [2.75, 3.05) is 54.4 Å². The number of carbonyl (C=O) groups excluding carboxylic acids is 12. The van der Waals surface area contributed by atoms with E-state index < -0.39 is 190 Å². The smallest absolute Gasteiger partial charge is 0.329 e. The van der Waals surface area contributed by atoms with Crippen LogP contribution in [0.15, 0.2) is 21.3 Å². The highest BCUT2D eigenvalue weighted by atomic mass is 35.5. The van der Waals surface area contributed by atoms with Crippen molar-refractivity contribution in [2.45, 2.75) is 182 Å². The Labute approximate surface area is 540 Å². The van der Waals surface area contributed by atoms with Crippen molar-refractivity contribution >= 4 is 93.7 Å². The van der Waals surface area contributed by atoms with Crippen LogP contribution in [0.25, 0.3) is 22.6 Å². The van der Waals surface area contributed by atoms with Gasteiger partial charge in [-0.3, -0.25) is 52.7 Å². The standard InChI is InChI=1S/C64H88ClN11O16/c1-17-31(7)44-61(86)75-25-19-21-38(75)59(84)71(13)27-40(77)73(15)50(29(3)4)63(88)90-35(11)46(57(82)67-44)69-55(80)37-24-23-33(9)53-48(37)66-49-42(43(65)52(79)34(10)54(49)92-53)56(81)70-47-36(12)91-64(89)51(30(5)6)74(16)41(78)28-72(14)60(85)39-22-20-26-76(39)62(87)45(32(8)18-2)68-58(47)83/h23-24,29-32,35-36,38-39,44-47,50-51H,17-22,25-28H2,1-16H3,(H,67,82)(H,68,83)(H,69,80)(H,70,81). The Morgan fingerprint density at radius 3 is 1.48 bits per heavy atom. The number of esters is 2. The summed E-state index contributed by atoms with van der Waals surface area (Å²) in [6.07, 6.45) is -0.924. The van der Waals surface area contributed by atoms with Gasteiger partial charge in [0.2, 0.25) is 52.7 Å². The molecule has 7 rings (SSSR count). The topological polar surface area (TPSA) is 334 Å². The molecule has 0 spiro atoms. The molecule has 4 fully saturated rings. The van der Waals surface area contributed by atoms with Crippen LogP contribution in [0.5, 0.6) is 0 Å². The zero-order valence-electron chi connectivity index (χ0n) is 55.3. The monoisotopic (exact) mass is 1300 g/mol. The number of rotatable bonds is 10. The number of fused-ring (bicyclic) bond motifs is 4. The summed E-state index contributed by atoms with van der Waals surface area (Å²) in [6.45, 7) is 18.8. The molecule has 4 N–H and O–H groups in total. The van der Waals surface area contributed by atoms with Gasteiger partial charge in [0.1, 0.15) is 76.8 Å². The minimum absolute atomic E-state index is 0.0755. The molecule has 92 heavy (non-hydrogen) atoms. The maximum Gasteiger partial charge on any atom is 0.329 e. The highest BCUT2D eigenvalue weighted by Crippen LogP contribution is 2.36. The lowest BCUT2D eigenvalue weighted by molar-refractivity contribution is -0.163. The van der Waals surface area contributed by atoms with Crippen LogP contribution < -0.4 is 26.7 Å². The fourth-order valence-electron chi connectivity index (χ4n) is 12.5. The summed E-state index contributed by atoms with van der Waals surface area (Å²) in [7, 11) is 5.61. The summed E-state index contributed by atoms with van der Waals surface area (Å²) in [5, 5.41) is 10.1. The highest BCUT2D eigenvalue weighted by Gasteiger charge is 2.47. The van der Waals surface area contributed by atoms with Crippen LogP contribution in [0.2, 0.25) is 5.02 Å². The molecule has 6 aliphatic rings. The summed E-state index contributed by atoms with van der Waals surface area (Å²) in [6, 6.07) is -7.87. The van der Waals surface area contributed by atoms with Crippen molar-refractivity contribution in [1.82, 2.24) is 55.7 Å². The number of nitrogens with zero attached hydrogens (tertiary/aromatic N) is 7. The third-order valence-corrected chi connectivity index (χ3v) is 18.9. The maximum absolute atomic E-state index is 15.3. The Bertz CT molecular complexity index is 3460. The van der Waals surface area contributed by atoms with Crippen molar-refractivity contribution in [3.63, 3.8) is 0 Å². The molecule has 1 aromatic rings. The predicted molar refractivity (Wildman–Crippen MR) is 335 cm³/mol. The van der Waals surface area contributed by atoms with E-state index in [4.69, 9.17) is 30.5 Å². The van der Waals surface area contributed by atoms with E-state index >= 15 is 14.4 Å². The summed E-state index contributed by atoms with van der Waals surface area (Å²) in [4.78, 5) is 200. The lowest BCUT2D eigenvalue weighted by Gasteiger charge is -2.36. The number of aromatic nitrogens is 1. The Hall–Kier alpha value is -8.23. The van der Waals surface area contributed by atoms with Crippen LogP contribution in [0, 0.1) is 37.5 Å². The zero-order chi connectivity index (χ0) is 68.4. The summed E-state index contributed by atoms with van der Waals surface area (Å²) in [5.74, 6) is -12.2. The van der Waals surface area contributed by atoms with E-state index in [0.29, 0.717) is 31.2 Å². The molecule has 12 unspecified atom stereocenters. The molecule has 28 heteroatoms. The largest absolute Gasteiger partial charge is 0.458 e. The second-order valence-corrected chi connectivity index (χ2v) is 26.1. The molecule has 12 atom stereocenters. The average molecular weight is 1300 g/mol. The van der Waals surface area contributed by atoms with Gasteiger partial charge in [-0.15, -0.1) is 0 Å². The van der Waals surface area contributed by atoms with Gasteiger partial charge in [-0.2, -0.15) is 0 Å². The number of hydrogen-bond donors (Lipinski definition) is 4. The van der Waals surface area contributed by atoms with Crippen LogP contribution >= 0.6 is 11.6 Å². The number of aryl methyl sites for hydroxylation is 1. The van der Waals surface area contributed by atoms with Gasteiger partial charge >= 0.3 is 11.9 Å². The first-order valence-electron chi connectivity index (χ1n) is 31.5. The van der Waals surface area contributed by atoms with E-state index in [2.05, 4.69) is 21.3 Å². The van der Waals surface area contributed by atoms with Crippen molar-refractivity contribution in [3.05, 3.63) is 49.6 Å². The van der Waals surface area contributed by atoms with Gasteiger partial charge in [0.25, 0.3) is 11.8 Å². The van der Waals surface area contributed by atoms with E-state index in [1.807, 2.05) is 0 Å². The quantitative estimate of drug-likeness (QED) is 0.167. The molecule has 1 aliphatic carbocycles. The Balaban J connectivity index is 1.33. The minimum atomic E-state index is -1.89. The molecule has 5 heterocycles. The van der Waals surface area contributed by atoms with Gasteiger partial charge < -0.3 is 64.6 Å². The van der Waals surface area contributed by atoms with Gasteiger partial charge in [0.05, 0.1) is 24.2 Å². The Morgan fingerprint density at radius 1 is 0.641 bits per heavy atom. The van der Waals surface area contributed by atoms with Crippen molar-refractivity contribution in [1.29, 1.82) is 0 Å². The summed E-state index contributed by atoms with van der Waals surface area (Å²) >= 11 is 6.88. The van der Waals surface area contributed by atoms with E-state index in [9.17, 15) is 47.9 Å². The van der Waals surface area contributed by atoms with Gasteiger partial charge in [-0.25, -0.2) is 14.6 Å². The number of likely N-dealkylation sites (N-methyl/N-ethyl adjacent to an activating group) is 4. The fraction of sp³-hybridized carbons (Fsp3) is 0.625. The van der Waals surface area contributed by atoms with E-state index in [-0.39, 0.29) is 53.9 Å². The molecule has 0 bridgehead atoms. The normalized spacial score (nSPS) is 26.5. The Kier molecular flexibility index (Phi) is 22.6. The molecule has 4 saturated heterocycles. The molecule has 0 saturated carbocycles.